The molecule has 3 atom stereocenters. The van der Waals surface area contributed by atoms with Crippen molar-refractivity contribution in [2.45, 2.75) is 89.7 Å². The maximum Gasteiger partial charge on any atom is 0.417 e. The van der Waals surface area contributed by atoms with E-state index in [4.69, 9.17) is 12.2 Å². The monoisotopic (exact) mass is 591 g/mol. The molecule has 1 aliphatic heterocycles. The van der Waals surface area contributed by atoms with E-state index in [9.17, 15) is 36.6 Å². The quantitative estimate of drug-likeness (QED) is 0.164. The van der Waals surface area contributed by atoms with Crippen molar-refractivity contribution < 1.29 is 36.6 Å². The molecule has 2 amide bonds. The number of nitrogens with one attached hydrogen (secondary N) is 2. The normalized spacial score (nSPS) is 21.1. The van der Waals surface area contributed by atoms with Gasteiger partial charge in [0.05, 0.1) is 28.3 Å². The Balaban J connectivity index is 2.01. The van der Waals surface area contributed by atoms with E-state index in [1.807, 2.05) is 6.92 Å². The fourth-order valence-corrected chi connectivity index (χ4v) is 4.74. The predicted molar refractivity (Wildman–Crippen MR) is 144 cm³/mol. The van der Waals surface area contributed by atoms with E-state index in [0.717, 1.165) is 30.0 Å². The van der Waals surface area contributed by atoms with E-state index < -0.39 is 70.6 Å². The van der Waals surface area contributed by atoms with Crippen LogP contribution in [0.25, 0.3) is 0 Å². The minimum atomic E-state index is -4.90. The number of carbonyl (C=O) groups excluding carboxylic acids is 2. The van der Waals surface area contributed by atoms with Crippen LogP contribution in [0.1, 0.15) is 65.0 Å². The lowest BCUT2D eigenvalue weighted by Gasteiger charge is -2.26. The van der Waals surface area contributed by atoms with Crippen molar-refractivity contribution in [1.29, 1.82) is 0 Å². The highest BCUT2D eigenvalue weighted by Crippen LogP contribution is 2.37. The van der Waals surface area contributed by atoms with Crippen LogP contribution in [-0.2, 0) is 15.8 Å². The van der Waals surface area contributed by atoms with Crippen LogP contribution in [0, 0.1) is 5.92 Å². The van der Waals surface area contributed by atoms with E-state index >= 15 is 0 Å². The molecule has 1 saturated carbocycles. The minimum absolute atomic E-state index is 0.0281. The fourth-order valence-electron chi connectivity index (χ4n) is 4.43. The van der Waals surface area contributed by atoms with Crippen LogP contribution >= 0.6 is 12.2 Å². The zero-order valence-electron chi connectivity index (χ0n) is 22.9. The molecule has 40 heavy (non-hydrogen) atoms. The van der Waals surface area contributed by atoms with Gasteiger partial charge in [-0.1, -0.05) is 12.2 Å². The number of hydrogen-bond donors (Lipinski definition) is 3. The van der Waals surface area contributed by atoms with Gasteiger partial charge < -0.3 is 20.6 Å². The standard InChI is InChI=1S/C26H34F5N5O3S/c1-13-9-25(27,28)12-36(13)23(38)20(35-15(3)22(37)33-11-24(4,5)39)21(40)17-10-32-19(8-18(17)26(29,30)31)34-14(2)16-6-7-16/h8,10,13-14,16,20,39H,6-7,9,11-12H2,1-5H3,(H,32,34)(H,33,37)/b35-15+/t13-,14-,20?/m0/s1. The maximum atomic E-state index is 14.2. The molecule has 8 nitrogen and oxygen atoms in total. The number of rotatable bonds is 10. The van der Waals surface area contributed by atoms with E-state index in [2.05, 4.69) is 20.6 Å². The van der Waals surface area contributed by atoms with Gasteiger partial charge in [-0.3, -0.25) is 14.6 Å². The number of alkyl halides is 5. The Hall–Kier alpha value is -2.74. The van der Waals surface area contributed by atoms with Gasteiger partial charge in [-0.25, -0.2) is 13.8 Å². The summed E-state index contributed by atoms with van der Waals surface area (Å²) in [5, 5.41) is 15.2. The first-order valence-corrected chi connectivity index (χ1v) is 13.3. The smallest absolute Gasteiger partial charge is 0.389 e. The first-order chi connectivity index (χ1) is 18.3. The van der Waals surface area contributed by atoms with Gasteiger partial charge in [0, 0.05) is 36.8 Å². The lowest BCUT2D eigenvalue weighted by atomic mass is 10.00. The van der Waals surface area contributed by atoms with Crippen molar-refractivity contribution in [1.82, 2.24) is 15.2 Å². The van der Waals surface area contributed by atoms with E-state index in [-0.39, 0.29) is 24.1 Å². The Morgan fingerprint density at radius 2 is 1.93 bits per heavy atom. The second kappa shape index (κ2) is 11.6. The molecule has 2 heterocycles. The molecule has 0 spiro atoms. The van der Waals surface area contributed by atoms with Crippen LogP contribution < -0.4 is 10.6 Å². The van der Waals surface area contributed by atoms with Gasteiger partial charge in [0.15, 0.2) is 6.04 Å². The molecule has 0 bridgehead atoms. The highest BCUT2D eigenvalue weighted by Gasteiger charge is 2.47. The molecule has 1 aliphatic carbocycles. The van der Waals surface area contributed by atoms with E-state index in [0.29, 0.717) is 5.92 Å². The summed E-state index contributed by atoms with van der Waals surface area (Å²) in [5.41, 5.74) is -3.40. The topological polar surface area (TPSA) is 107 Å². The average Bonchev–Trinajstić information content (AvgIpc) is 3.63. The molecule has 14 heteroatoms. The van der Waals surface area contributed by atoms with Gasteiger partial charge in [-0.15, -0.1) is 0 Å². The fraction of sp³-hybridized carbons (Fsp3) is 0.654. The first-order valence-electron chi connectivity index (χ1n) is 12.9. The molecular formula is C26H34F5N5O3S. The third-order valence-corrected chi connectivity index (χ3v) is 7.25. The van der Waals surface area contributed by atoms with Crippen molar-refractivity contribution in [2.24, 2.45) is 10.9 Å². The molecule has 2 fully saturated rings. The molecule has 0 aromatic carbocycles. The Morgan fingerprint density at radius 1 is 1.30 bits per heavy atom. The van der Waals surface area contributed by atoms with Crippen LogP contribution in [0.3, 0.4) is 0 Å². The summed E-state index contributed by atoms with van der Waals surface area (Å²) in [4.78, 5) is 34.4. The number of halogens is 5. The third-order valence-electron chi connectivity index (χ3n) is 6.81. The number of aliphatic hydroxyl groups is 1. The summed E-state index contributed by atoms with van der Waals surface area (Å²) < 4.78 is 70.8. The average molecular weight is 592 g/mol. The molecule has 3 rings (SSSR count). The van der Waals surface area contributed by atoms with Crippen LogP contribution in [-0.4, -0.2) is 80.1 Å². The molecule has 222 valence electrons. The van der Waals surface area contributed by atoms with Gasteiger partial charge in [0.1, 0.15) is 5.82 Å². The largest absolute Gasteiger partial charge is 0.417 e. The highest BCUT2D eigenvalue weighted by atomic mass is 32.1. The van der Waals surface area contributed by atoms with Gasteiger partial charge >= 0.3 is 6.18 Å². The van der Waals surface area contributed by atoms with Crippen molar-refractivity contribution in [3.05, 3.63) is 23.4 Å². The number of pyridine rings is 1. The summed E-state index contributed by atoms with van der Waals surface area (Å²) in [6.45, 7) is 6.16. The zero-order valence-corrected chi connectivity index (χ0v) is 23.7. The summed E-state index contributed by atoms with van der Waals surface area (Å²) in [7, 11) is 0. The van der Waals surface area contributed by atoms with Crippen molar-refractivity contribution in [3.8, 4) is 0 Å². The molecule has 1 saturated heterocycles. The number of carbonyl (C=O) groups is 2. The minimum Gasteiger partial charge on any atom is -0.389 e. The Morgan fingerprint density at radius 3 is 2.42 bits per heavy atom. The third kappa shape index (κ3) is 8.15. The SMILES string of the molecule is C/C(=N\C(C(=O)N1CC(F)(F)C[C@@H]1C)C(=S)c1cnc(N[C@@H](C)C2CC2)cc1C(F)(F)F)C(=O)NCC(C)(C)O. The van der Waals surface area contributed by atoms with Crippen LogP contribution in [0.15, 0.2) is 17.3 Å². The number of likely N-dealkylation sites (tertiary alicyclic amines) is 1. The number of thiocarbonyl (C=S) groups is 1. The number of hydrogen-bond acceptors (Lipinski definition) is 7. The number of nitrogens with zero attached hydrogens (tertiary/aromatic N) is 3. The number of aromatic nitrogens is 1. The summed E-state index contributed by atoms with van der Waals surface area (Å²) in [6.07, 6.45) is -2.73. The molecule has 1 aromatic rings. The van der Waals surface area contributed by atoms with E-state index in [1.165, 1.54) is 27.7 Å². The lowest BCUT2D eigenvalue weighted by molar-refractivity contribution is -0.138. The molecule has 3 N–H and O–H groups in total. The highest BCUT2D eigenvalue weighted by molar-refractivity contribution is 7.81. The van der Waals surface area contributed by atoms with Crippen molar-refractivity contribution in [2.75, 3.05) is 18.4 Å². The van der Waals surface area contributed by atoms with Crippen LogP contribution in [0.5, 0.6) is 0 Å². The zero-order chi connectivity index (χ0) is 30.2. The molecular weight excluding hydrogens is 557 g/mol. The van der Waals surface area contributed by atoms with Crippen molar-refractivity contribution in [3.63, 3.8) is 0 Å². The molecule has 1 unspecified atom stereocenters. The summed E-state index contributed by atoms with van der Waals surface area (Å²) in [6, 6.07) is -2.13. The van der Waals surface area contributed by atoms with Gasteiger partial charge in [-0.05, 0) is 59.4 Å². The van der Waals surface area contributed by atoms with Crippen LogP contribution in [0.2, 0.25) is 0 Å². The first kappa shape index (κ1) is 31.8. The Labute approximate surface area is 234 Å². The molecule has 0 radical (unpaired) electrons. The summed E-state index contributed by atoms with van der Waals surface area (Å²) in [5.74, 6) is -4.76. The van der Waals surface area contributed by atoms with Crippen molar-refractivity contribution >= 4 is 40.4 Å². The number of amides is 2. The number of anilines is 1. The predicted octanol–water partition coefficient (Wildman–Crippen LogP) is 4.00. The Kier molecular flexibility index (Phi) is 9.24. The van der Waals surface area contributed by atoms with Crippen LogP contribution in [0.4, 0.5) is 27.8 Å². The number of aliphatic imine (C=N–C) groups is 1. The molecule has 1 aromatic heterocycles. The second-order valence-electron chi connectivity index (χ2n) is 11.2. The van der Waals surface area contributed by atoms with Gasteiger partial charge in [0.25, 0.3) is 17.7 Å². The lowest BCUT2D eigenvalue weighted by Crippen LogP contribution is -2.46. The summed E-state index contributed by atoms with van der Waals surface area (Å²) >= 11 is 5.34. The Bertz CT molecular complexity index is 1180. The molecule has 2 aliphatic rings. The van der Waals surface area contributed by atoms with Gasteiger partial charge in [0.2, 0.25) is 0 Å². The van der Waals surface area contributed by atoms with E-state index in [1.54, 1.807) is 0 Å². The van der Waals surface area contributed by atoms with Gasteiger partial charge in [-0.2, -0.15) is 13.2 Å². The second-order valence-corrected chi connectivity index (χ2v) is 11.7. The maximum absolute atomic E-state index is 14.2.